The van der Waals surface area contributed by atoms with E-state index in [1.165, 1.54) is 12.1 Å². The summed E-state index contributed by atoms with van der Waals surface area (Å²) in [4.78, 5) is 16.1. The molecule has 1 aliphatic carbocycles. The van der Waals surface area contributed by atoms with Gasteiger partial charge in [0, 0.05) is 11.7 Å². The van der Waals surface area contributed by atoms with E-state index in [-0.39, 0.29) is 17.4 Å². The molecule has 1 aromatic heterocycles. The Kier molecular flexibility index (Phi) is 3.38. The summed E-state index contributed by atoms with van der Waals surface area (Å²) in [6.45, 7) is 0.460. The number of aryl methyl sites for hydroxylation is 1. The van der Waals surface area contributed by atoms with Crippen LogP contribution in [0.2, 0.25) is 0 Å². The van der Waals surface area contributed by atoms with Crippen molar-refractivity contribution in [2.75, 3.05) is 11.4 Å². The molecule has 4 nitrogen and oxygen atoms in total. The molecule has 0 atom stereocenters. The average molecular weight is 274 g/mol. The van der Waals surface area contributed by atoms with E-state index >= 15 is 0 Å². The van der Waals surface area contributed by atoms with Crippen molar-refractivity contribution in [2.24, 2.45) is 0 Å². The van der Waals surface area contributed by atoms with Crippen LogP contribution < -0.4 is 4.90 Å². The number of nitrogens with zero attached hydrogens (tertiary/aromatic N) is 2. The summed E-state index contributed by atoms with van der Waals surface area (Å²) in [7, 11) is 0. The number of carboxylic acid groups (broad SMARTS) is 1. The fourth-order valence-corrected chi connectivity index (χ4v) is 1.90. The van der Waals surface area contributed by atoms with Crippen LogP contribution in [0.25, 0.3) is 0 Å². The molecule has 0 aliphatic heterocycles. The second-order valence-corrected chi connectivity index (χ2v) is 4.63. The average Bonchev–Trinajstić information content (AvgIpc) is 3.07. The normalized spacial score (nSPS) is 15.4. The van der Waals surface area contributed by atoms with Crippen molar-refractivity contribution in [3.63, 3.8) is 0 Å². The molecule has 0 radical (unpaired) electrons. The van der Waals surface area contributed by atoms with Gasteiger partial charge in [-0.1, -0.05) is 0 Å². The van der Waals surface area contributed by atoms with Crippen molar-refractivity contribution in [3.8, 4) is 0 Å². The van der Waals surface area contributed by atoms with E-state index in [0.29, 0.717) is 18.5 Å². The van der Waals surface area contributed by atoms with Gasteiger partial charge in [0.25, 0.3) is 0 Å². The number of aromatic nitrogens is 1. The van der Waals surface area contributed by atoms with Crippen LogP contribution in [-0.4, -0.2) is 34.8 Å². The van der Waals surface area contributed by atoms with Crippen LogP contribution in [0.1, 0.15) is 28.9 Å². The predicted octanol–water partition coefficient (Wildman–Crippen LogP) is 2.62. The molecule has 7 heteroatoms. The first kappa shape index (κ1) is 13.6. The molecule has 0 saturated heterocycles. The number of halogens is 3. The molecule has 1 fully saturated rings. The quantitative estimate of drug-likeness (QED) is 0.917. The summed E-state index contributed by atoms with van der Waals surface area (Å²) in [5.74, 6) is -1.09. The molecule has 1 saturated carbocycles. The maximum absolute atomic E-state index is 12.6. The van der Waals surface area contributed by atoms with Crippen LogP contribution in [0.15, 0.2) is 12.1 Å². The molecule has 0 unspecified atom stereocenters. The molecule has 104 valence electrons. The number of carboxylic acids is 1. The van der Waals surface area contributed by atoms with Crippen LogP contribution >= 0.6 is 0 Å². The molecule has 0 aromatic carbocycles. The van der Waals surface area contributed by atoms with Gasteiger partial charge in [-0.15, -0.1) is 0 Å². The monoisotopic (exact) mass is 274 g/mol. The fraction of sp³-hybridized carbons (Fsp3) is 0.500. The summed E-state index contributed by atoms with van der Waals surface area (Å²) < 4.78 is 37.7. The number of anilines is 1. The standard InChI is InChI=1S/C12H13F3N2O2/c1-7-4-8(11(18)19)5-10(16-7)17(9-2-3-9)6-12(13,14)15/h4-5,9H,2-3,6H2,1H3,(H,18,19). The first-order chi connectivity index (χ1) is 8.76. The number of alkyl halides is 3. The van der Waals surface area contributed by atoms with Gasteiger partial charge in [0.1, 0.15) is 12.4 Å². The Hall–Kier alpha value is -1.79. The van der Waals surface area contributed by atoms with E-state index in [4.69, 9.17) is 5.11 Å². The van der Waals surface area contributed by atoms with E-state index in [0.717, 1.165) is 4.90 Å². The highest BCUT2D eigenvalue weighted by Gasteiger charge is 2.39. The lowest BCUT2D eigenvalue weighted by Gasteiger charge is -2.25. The molecule has 0 spiro atoms. The molecule has 19 heavy (non-hydrogen) atoms. The fourth-order valence-electron chi connectivity index (χ4n) is 1.90. The third-order valence-corrected chi connectivity index (χ3v) is 2.82. The minimum atomic E-state index is -4.34. The van der Waals surface area contributed by atoms with Crippen LogP contribution in [0.5, 0.6) is 0 Å². The number of pyridine rings is 1. The summed E-state index contributed by atoms with van der Waals surface area (Å²) in [6.07, 6.45) is -2.99. The summed E-state index contributed by atoms with van der Waals surface area (Å²) in [5.41, 5.74) is 0.345. The summed E-state index contributed by atoms with van der Waals surface area (Å²) >= 11 is 0. The molecule has 1 N–H and O–H groups in total. The van der Waals surface area contributed by atoms with Crippen molar-refractivity contribution in [1.82, 2.24) is 4.98 Å². The third kappa shape index (κ3) is 3.59. The lowest BCUT2D eigenvalue weighted by Crippen LogP contribution is -2.36. The topological polar surface area (TPSA) is 53.4 Å². The van der Waals surface area contributed by atoms with E-state index in [1.807, 2.05) is 0 Å². The minimum absolute atomic E-state index is 0.0460. The smallest absolute Gasteiger partial charge is 0.405 e. The number of hydrogen-bond donors (Lipinski definition) is 1. The van der Waals surface area contributed by atoms with E-state index in [9.17, 15) is 18.0 Å². The zero-order valence-electron chi connectivity index (χ0n) is 10.2. The Bertz CT molecular complexity index is 498. The Morgan fingerprint density at radius 2 is 2.11 bits per heavy atom. The van der Waals surface area contributed by atoms with Gasteiger partial charge in [-0.3, -0.25) is 0 Å². The highest BCUT2D eigenvalue weighted by atomic mass is 19.4. The first-order valence-electron chi connectivity index (χ1n) is 5.81. The van der Waals surface area contributed by atoms with E-state index < -0.39 is 18.7 Å². The highest BCUT2D eigenvalue weighted by Crippen LogP contribution is 2.33. The van der Waals surface area contributed by atoms with Crippen LogP contribution in [0.4, 0.5) is 19.0 Å². The zero-order chi connectivity index (χ0) is 14.2. The van der Waals surface area contributed by atoms with Crippen molar-refractivity contribution < 1.29 is 23.1 Å². The van der Waals surface area contributed by atoms with Gasteiger partial charge in [0.15, 0.2) is 0 Å². The van der Waals surface area contributed by atoms with Crippen molar-refractivity contribution in [3.05, 3.63) is 23.4 Å². The van der Waals surface area contributed by atoms with Crippen molar-refractivity contribution in [1.29, 1.82) is 0 Å². The number of hydrogen-bond acceptors (Lipinski definition) is 3. The zero-order valence-corrected chi connectivity index (χ0v) is 10.2. The Labute approximate surface area is 107 Å². The Balaban J connectivity index is 2.33. The molecule has 1 aromatic rings. The number of carbonyl (C=O) groups is 1. The maximum Gasteiger partial charge on any atom is 0.405 e. The summed E-state index contributed by atoms with van der Waals surface area (Å²) in [5, 5.41) is 8.93. The number of rotatable bonds is 4. The van der Waals surface area contributed by atoms with Gasteiger partial charge in [-0.25, -0.2) is 9.78 Å². The molecule has 0 bridgehead atoms. The van der Waals surface area contributed by atoms with Crippen LogP contribution in [0.3, 0.4) is 0 Å². The highest BCUT2D eigenvalue weighted by molar-refractivity contribution is 5.88. The van der Waals surface area contributed by atoms with Gasteiger partial charge in [0.05, 0.1) is 5.56 Å². The van der Waals surface area contributed by atoms with Gasteiger partial charge >= 0.3 is 12.1 Å². The van der Waals surface area contributed by atoms with Gasteiger partial charge in [-0.2, -0.15) is 13.2 Å². The molecular formula is C12H13F3N2O2. The molecule has 0 amide bonds. The SMILES string of the molecule is Cc1cc(C(=O)O)cc(N(CC(F)(F)F)C2CC2)n1. The maximum atomic E-state index is 12.6. The van der Waals surface area contributed by atoms with E-state index in [2.05, 4.69) is 4.98 Å². The predicted molar refractivity (Wildman–Crippen MR) is 62.4 cm³/mol. The molecule has 1 heterocycles. The second-order valence-electron chi connectivity index (χ2n) is 4.63. The lowest BCUT2D eigenvalue weighted by molar-refractivity contribution is -0.120. The van der Waals surface area contributed by atoms with Crippen LogP contribution in [0, 0.1) is 6.92 Å². The lowest BCUT2D eigenvalue weighted by atomic mass is 10.2. The second kappa shape index (κ2) is 4.71. The first-order valence-corrected chi connectivity index (χ1v) is 5.81. The van der Waals surface area contributed by atoms with Gasteiger partial charge in [-0.05, 0) is 31.9 Å². The minimum Gasteiger partial charge on any atom is -0.478 e. The number of aromatic carboxylic acids is 1. The molecule has 2 rings (SSSR count). The molecule has 1 aliphatic rings. The van der Waals surface area contributed by atoms with E-state index in [1.54, 1.807) is 6.92 Å². The van der Waals surface area contributed by atoms with Crippen molar-refractivity contribution in [2.45, 2.75) is 32.0 Å². The Morgan fingerprint density at radius 3 is 2.58 bits per heavy atom. The van der Waals surface area contributed by atoms with Gasteiger partial charge in [0.2, 0.25) is 0 Å². The third-order valence-electron chi connectivity index (χ3n) is 2.82. The van der Waals surface area contributed by atoms with Crippen molar-refractivity contribution >= 4 is 11.8 Å². The molecular weight excluding hydrogens is 261 g/mol. The summed E-state index contributed by atoms with van der Waals surface area (Å²) in [6, 6.07) is 2.33. The van der Waals surface area contributed by atoms with Gasteiger partial charge < -0.3 is 10.0 Å². The Morgan fingerprint density at radius 1 is 1.47 bits per heavy atom. The van der Waals surface area contributed by atoms with Crippen LogP contribution in [-0.2, 0) is 0 Å². The largest absolute Gasteiger partial charge is 0.478 e.